The van der Waals surface area contributed by atoms with Gasteiger partial charge in [-0.3, -0.25) is 9.59 Å². The number of pyridine rings is 2. The van der Waals surface area contributed by atoms with E-state index < -0.39 is 0 Å². The van der Waals surface area contributed by atoms with Crippen LogP contribution in [0.3, 0.4) is 0 Å². The topological polar surface area (TPSA) is 65.7 Å². The number of hydrogen-bond donors (Lipinski definition) is 3. The molecule has 5 heteroatoms. The van der Waals surface area contributed by atoms with Crippen molar-refractivity contribution in [2.24, 2.45) is 0 Å². The summed E-state index contributed by atoms with van der Waals surface area (Å²) in [6, 6.07) is 17.0. The molecule has 0 bridgehead atoms. The van der Waals surface area contributed by atoms with Crippen molar-refractivity contribution in [3.8, 4) is 22.3 Å². The van der Waals surface area contributed by atoms with Crippen LogP contribution in [0.2, 0.25) is 0 Å². The third-order valence-electron chi connectivity index (χ3n) is 5.10. The Morgan fingerprint density at radius 3 is 2.21 bits per heavy atom. The standard InChI is InChI=1S/C24H22N2O2S/c1-24(2,3)16-11-15-12-19(14-6-8-17(29)9-7-14)23(28)26-21(15)20(13-16)18-5-4-10-25-22(18)27/h4-13,29H,1-3H3,(H,25,27)(H,26,28). The molecule has 0 spiro atoms. The Labute approximate surface area is 174 Å². The van der Waals surface area contributed by atoms with Crippen molar-refractivity contribution in [1.82, 2.24) is 9.97 Å². The van der Waals surface area contributed by atoms with Gasteiger partial charge in [-0.25, -0.2) is 0 Å². The zero-order valence-electron chi connectivity index (χ0n) is 16.5. The third-order valence-corrected chi connectivity index (χ3v) is 5.40. The molecule has 4 aromatic rings. The molecule has 29 heavy (non-hydrogen) atoms. The fourth-order valence-corrected chi connectivity index (χ4v) is 3.60. The number of nitrogens with one attached hydrogen (secondary N) is 2. The van der Waals surface area contributed by atoms with Crippen LogP contribution in [0.15, 0.2) is 75.3 Å². The summed E-state index contributed by atoms with van der Waals surface area (Å²) in [5, 5.41) is 0.889. The molecule has 0 saturated heterocycles. The lowest BCUT2D eigenvalue weighted by Crippen LogP contribution is -2.15. The van der Waals surface area contributed by atoms with Crippen molar-refractivity contribution in [3.63, 3.8) is 0 Å². The summed E-state index contributed by atoms with van der Waals surface area (Å²) in [6.07, 6.45) is 1.60. The van der Waals surface area contributed by atoms with Gasteiger partial charge in [0.25, 0.3) is 11.1 Å². The lowest BCUT2D eigenvalue weighted by molar-refractivity contribution is 0.591. The average Bonchev–Trinajstić information content (AvgIpc) is 2.67. The minimum Gasteiger partial charge on any atom is -0.329 e. The molecule has 0 radical (unpaired) electrons. The molecule has 4 rings (SSSR count). The lowest BCUT2D eigenvalue weighted by Gasteiger charge is -2.21. The normalized spacial score (nSPS) is 11.7. The molecule has 2 N–H and O–H groups in total. The number of rotatable bonds is 2. The zero-order chi connectivity index (χ0) is 20.8. The lowest BCUT2D eigenvalue weighted by atomic mass is 9.84. The first-order valence-corrected chi connectivity index (χ1v) is 9.88. The molecule has 0 aliphatic heterocycles. The monoisotopic (exact) mass is 402 g/mol. The van der Waals surface area contributed by atoms with Gasteiger partial charge in [0.15, 0.2) is 0 Å². The van der Waals surface area contributed by atoms with Gasteiger partial charge in [0, 0.05) is 27.8 Å². The van der Waals surface area contributed by atoms with Gasteiger partial charge in [-0.05, 0) is 64.4 Å². The number of aromatic nitrogens is 2. The quantitative estimate of drug-likeness (QED) is 0.407. The van der Waals surface area contributed by atoms with Crippen LogP contribution in [0.1, 0.15) is 26.3 Å². The van der Waals surface area contributed by atoms with Gasteiger partial charge in [-0.2, -0.15) is 0 Å². The minimum absolute atomic E-state index is 0.117. The van der Waals surface area contributed by atoms with Crippen LogP contribution in [-0.4, -0.2) is 9.97 Å². The first-order valence-electron chi connectivity index (χ1n) is 9.43. The predicted molar refractivity (Wildman–Crippen MR) is 122 cm³/mol. The molecular formula is C24H22N2O2S. The van der Waals surface area contributed by atoms with E-state index >= 15 is 0 Å². The van der Waals surface area contributed by atoms with E-state index in [4.69, 9.17) is 0 Å². The second-order valence-corrected chi connectivity index (χ2v) is 8.73. The summed E-state index contributed by atoms with van der Waals surface area (Å²) < 4.78 is 0. The maximum absolute atomic E-state index is 12.9. The second-order valence-electron chi connectivity index (χ2n) is 8.21. The zero-order valence-corrected chi connectivity index (χ0v) is 17.4. The summed E-state index contributed by atoms with van der Waals surface area (Å²) in [6.45, 7) is 6.39. The van der Waals surface area contributed by atoms with Crippen molar-refractivity contribution < 1.29 is 0 Å². The second kappa shape index (κ2) is 7.08. The molecule has 0 saturated carbocycles. The van der Waals surface area contributed by atoms with E-state index in [1.54, 1.807) is 18.3 Å². The smallest absolute Gasteiger partial charge is 0.256 e. The van der Waals surface area contributed by atoms with Gasteiger partial charge in [-0.15, -0.1) is 12.6 Å². The number of benzene rings is 2. The van der Waals surface area contributed by atoms with Crippen LogP contribution in [-0.2, 0) is 5.41 Å². The Morgan fingerprint density at radius 1 is 0.828 bits per heavy atom. The van der Waals surface area contributed by atoms with Crippen molar-refractivity contribution in [2.75, 3.05) is 0 Å². The number of aromatic amines is 2. The van der Waals surface area contributed by atoms with E-state index in [2.05, 4.69) is 49.4 Å². The molecule has 0 amide bonds. The Hall–Kier alpha value is -3.05. The van der Waals surface area contributed by atoms with Gasteiger partial charge < -0.3 is 9.97 Å². The molecule has 2 aromatic heterocycles. The number of fused-ring (bicyclic) bond motifs is 1. The van der Waals surface area contributed by atoms with E-state index in [0.29, 0.717) is 16.6 Å². The maximum Gasteiger partial charge on any atom is 0.256 e. The fourth-order valence-electron chi connectivity index (χ4n) is 3.45. The molecule has 0 aliphatic rings. The molecular weight excluding hydrogens is 380 g/mol. The number of hydrogen-bond acceptors (Lipinski definition) is 3. The molecule has 0 unspecified atom stereocenters. The van der Waals surface area contributed by atoms with Gasteiger partial charge >= 0.3 is 0 Å². The molecule has 0 atom stereocenters. The fraction of sp³-hybridized carbons (Fsp3) is 0.167. The van der Waals surface area contributed by atoms with E-state index in [0.717, 1.165) is 27.0 Å². The number of H-pyrrole nitrogens is 2. The summed E-state index contributed by atoms with van der Waals surface area (Å²) in [7, 11) is 0. The maximum atomic E-state index is 12.9. The Morgan fingerprint density at radius 2 is 1.55 bits per heavy atom. The van der Waals surface area contributed by atoms with E-state index in [9.17, 15) is 9.59 Å². The third kappa shape index (κ3) is 3.66. The van der Waals surface area contributed by atoms with Crippen LogP contribution < -0.4 is 11.1 Å². The highest BCUT2D eigenvalue weighted by molar-refractivity contribution is 7.80. The Kier molecular flexibility index (Phi) is 4.71. The van der Waals surface area contributed by atoms with Gasteiger partial charge in [0.05, 0.1) is 5.52 Å². The molecule has 2 heterocycles. The first-order chi connectivity index (χ1) is 13.7. The van der Waals surface area contributed by atoms with Crippen LogP contribution in [0.4, 0.5) is 0 Å². The van der Waals surface area contributed by atoms with Gasteiger partial charge in [0.1, 0.15) is 0 Å². The van der Waals surface area contributed by atoms with Crippen molar-refractivity contribution in [2.45, 2.75) is 31.1 Å². The van der Waals surface area contributed by atoms with E-state index in [1.807, 2.05) is 36.4 Å². The highest BCUT2D eigenvalue weighted by Crippen LogP contribution is 2.33. The summed E-state index contributed by atoms with van der Waals surface area (Å²) in [5.74, 6) is 0. The Bertz CT molecular complexity index is 1330. The van der Waals surface area contributed by atoms with Crippen LogP contribution in [0.25, 0.3) is 33.2 Å². The van der Waals surface area contributed by atoms with Crippen LogP contribution in [0.5, 0.6) is 0 Å². The minimum atomic E-state index is -0.193. The highest BCUT2D eigenvalue weighted by Gasteiger charge is 2.19. The van der Waals surface area contributed by atoms with Gasteiger partial charge in [-0.1, -0.05) is 32.9 Å². The van der Waals surface area contributed by atoms with E-state index in [-0.39, 0.29) is 16.5 Å². The van der Waals surface area contributed by atoms with Crippen LogP contribution >= 0.6 is 12.6 Å². The largest absolute Gasteiger partial charge is 0.329 e. The SMILES string of the molecule is CC(C)(C)c1cc(-c2ccc[nH]c2=O)c2[nH]c(=O)c(-c3ccc(S)cc3)cc2c1. The summed E-state index contributed by atoms with van der Waals surface area (Å²) >= 11 is 4.32. The molecule has 146 valence electrons. The number of thiol groups is 1. The van der Waals surface area contributed by atoms with Gasteiger partial charge in [0.2, 0.25) is 0 Å². The molecule has 0 aliphatic carbocycles. The van der Waals surface area contributed by atoms with E-state index in [1.165, 1.54) is 0 Å². The van der Waals surface area contributed by atoms with Crippen molar-refractivity contribution in [3.05, 3.63) is 87.1 Å². The van der Waals surface area contributed by atoms with Crippen molar-refractivity contribution >= 4 is 23.5 Å². The predicted octanol–water partition coefficient (Wildman–Crippen LogP) is 5.14. The van der Waals surface area contributed by atoms with Crippen LogP contribution in [0, 0.1) is 0 Å². The first kappa shape index (κ1) is 19.3. The molecule has 2 aromatic carbocycles. The highest BCUT2D eigenvalue weighted by atomic mass is 32.1. The Balaban J connectivity index is 2.07. The molecule has 0 fully saturated rings. The average molecular weight is 403 g/mol. The summed E-state index contributed by atoms with van der Waals surface area (Å²) in [5.41, 5.74) is 3.93. The molecule has 4 nitrogen and oxygen atoms in total. The summed E-state index contributed by atoms with van der Waals surface area (Å²) in [4.78, 5) is 32.0. The van der Waals surface area contributed by atoms with Crippen molar-refractivity contribution in [1.29, 1.82) is 0 Å².